The van der Waals surface area contributed by atoms with Crippen LogP contribution in [0.1, 0.15) is 63.8 Å². The third-order valence-electron chi connectivity index (χ3n) is 6.37. The molecule has 4 rings (SSSR count). The third-order valence-corrected chi connectivity index (χ3v) is 6.37. The second kappa shape index (κ2) is 9.35. The van der Waals surface area contributed by atoms with Crippen LogP contribution in [0.4, 0.5) is 5.95 Å². The maximum Gasteiger partial charge on any atom is 0.261 e. The molecule has 172 valence electrons. The molecule has 0 bridgehead atoms. The van der Waals surface area contributed by atoms with Crippen molar-refractivity contribution in [1.29, 1.82) is 0 Å². The lowest BCUT2D eigenvalue weighted by molar-refractivity contribution is -0.129. The molecule has 2 aromatic rings. The van der Waals surface area contributed by atoms with Crippen LogP contribution in [0.15, 0.2) is 30.5 Å². The van der Waals surface area contributed by atoms with Gasteiger partial charge >= 0.3 is 0 Å². The zero-order valence-corrected chi connectivity index (χ0v) is 19.6. The number of benzene rings is 1. The summed E-state index contributed by atoms with van der Waals surface area (Å²) in [4.78, 5) is 25.0. The number of fused-ring (bicyclic) bond motifs is 1. The molecule has 1 aliphatic carbocycles. The van der Waals surface area contributed by atoms with Crippen molar-refractivity contribution in [3.05, 3.63) is 41.7 Å². The molecular weight excluding hydrogens is 404 g/mol. The summed E-state index contributed by atoms with van der Waals surface area (Å²) in [5.41, 5.74) is 2.10. The molecule has 0 spiro atoms. The smallest absolute Gasteiger partial charge is 0.261 e. The van der Waals surface area contributed by atoms with Gasteiger partial charge in [-0.2, -0.15) is 0 Å². The number of hydrogen-bond acceptors (Lipinski definition) is 6. The first kappa shape index (κ1) is 22.4. The molecule has 2 heterocycles. The zero-order chi connectivity index (χ0) is 22.7. The molecule has 1 saturated heterocycles. The second-order valence-corrected chi connectivity index (χ2v) is 9.54. The lowest BCUT2D eigenvalue weighted by Crippen LogP contribution is -2.43. The Balaban J connectivity index is 1.53. The molecule has 7 nitrogen and oxygen atoms in total. The van der Waals surface area contributed by atoms with E-state index in [1.807, 2.05) is 37.4 Å². The van der Waals surface area contributed by atoms with Crippen LogP contribution in [0.3, 0.4) is 0 Å². The lowest BCUT2D eigenvalue weighted by atomic mass is 9.74. The predicted molar refractivity (Wildman–Crippen MR) is 124 cm³/mol. The number of aromatic nitrogens is 2. The molecule has 0 unspecified atom stereocenters. The summed E-state index contributed by atoms with van der Waals surface area (Å²) in [6, 6.07) is 7.27. The molecular formula is C25H34N4O3. The number of nitrogens with zero attached hydrogens (tertiary/aromatic N) is 3. The third kappa shape index (κ3) is 4.81. The van der Waals surface area contributed by atoms with Gasteiger partial charge in [0.15, 0.2) is 17.6 Å². The monoisotopic (exact) mass is 438 g/mol. The van der Waals surface area contributed by atoms with E-state index < -0.39 is 6.10 Å². The predicted octanol–water partition coefficient (Wildman–Crippen LogP) is 4.07. The van der Waals surface area contributed by atoms with Gasteiger partial charge in [-0.3, -0.25) is 4.79 Å². The molecule has 2 aliphatic rings. The van der Waals surface area contributed by atoms with Crippen LogP contribution in [0.5, 0.6) is 11.5 Å². The SMILES string of the molecule is CC[C@H](Oc1ccccc1OC)C(=O)N[C@H]1CC(C)(C)Cc2nc(N3CCCC3)ncc21. The van der Waals surface area contributed by atoms with Gasteiger partial charge < -0.3 is 19.7 Å². The van der Waals surface area contributed by atoms with Crippen molar-refractivity contribution in [2.45, 2.75) is 65.0 Å². The molecule has 1 N–H and O–H groups in total. The summed E-state index contributed by atoms with van der Waals surface area (Å²) in [7, 11) is 1.60. The summed E-state index contributed by atoms with van der Waals surface area (Å²) in [6.45, 7) is 8.44. The van der Waals surface area contributed by atoms with E-state index in [1.165, 1.54) is 12.8 Å². The quantitative estimate of drug-likeness (QED) is 0.702. The fourth-order valence-corrected chi connectivity index (χ4v) is 4.69. The number of nitrogens with one attached hydrogen (secondary N) is 1. The van der Waals surface area contributed by atoms with Gasteiger partial charge in [-0.25, -0.2) is 9.97 Å². The first-order chi connectivity index (χ1) is 15.4. The maximum absolute atomic E-state index is 13.2. The van der Waals surface area contributed by atoms with E-state index in [-0.39, 0.29) is 17.4 Å². The van der Waals surface area contributed by atoms with Crippen LogP contribution in [0.25, 0.3) is 0 Å². The average Bonchev–Trinajstić information content (AvgIpc) is 3.31. The van der Waals surface area contributed by atoms with Crippen molar-refractivity contribution >= 4 is 11.9 Å². The Morgan fingerprint density at radius 1 is 1.25 bits per heavy atom. The minimum Gasteiger partial charge on any atom is -0.493 e. The molecule has 1 aliphatic heterocycles. The van der Waals surface area contributed by atoms with E-state index in [2.05, 4.69) is 29.0 Å². The van der Waals surface area contributed by atoms with E-state index in [0.717, 1.165) is 43.1 Å². The summed E-state index contributed by atoms with van der Waals surface area (Å²) < 4.78 is 11.4. The van der Waals surface area contributed by atoms with Gasteiger partial charge in [0.2, 0.25) is 5.95 Å². The summed E-state index contributed by atoms with van der Waals surface area (Å²) >= 11 is 0. The molecule has 1 fully saturated rings. The van der Waals surface area contributed by atoms with Gasteiger partial charge in [-0.15, -0.1) is 0 Å². The molecule has 7 heteroatoms. The summed E-state index contributed by atoms with van der Waals surface area (Å²) in [5, 5.41) is 3.23. The highest BCUT2D eigenvalue weighted by atomic mass is 16.5. The zero-order valence-electron chi connectivity index (χ0n) is 19.6. The second-order valence-electron chi connectivity index (χ2n) is 9.54. The minimum absolute atomic E-state index is 0.0345. The van der Waals surface area contributed by atoms with Crippen LogP contribution >= 0.6 is 0 Å². The van der Waals surface area contributed by atoms with Crippen molar-refractivity contribution in [2.24, 2.45) is 5.41 Å². The number of rotatable bonds is 7. The standard InChI is InChI=1S/C25H34N4O3/c1-5-20(32-22-11-7-6-10-21(22)31-4)23(30)27-18-14-25(2,3)15-19-17(18)16-26-24(28-19)29-12-8-9-13-29/h6-7,10-11,16,18,20H,5,8-9,12-15H2,1-4H3,(H,27,30)/t18-,20-/m0/s1. The Hall–Kier alpha value is -2.83. The normalized spacial score (nSPS) is 20.4. The molecule has 1 amide bonds. The van der Waals surface area contributed by atoms with Gasteiger partial charge in [-0.1, -0.05) is 32.9 Å². The highest BCUT2D eigenvalue weighted by Gasteiger charge is 2.36. The maximum atomic E-state index is 13.2. The molecule has 1 aromatic heterocycles. The number of para-hydroxylation sites is 2. The van der Waals surface area contributed by atoms with Gasteiger partial charge in [0, 0.05) is 24.8 Å². The minimum atomic E-state index is -0.607. The highest BCUT2D eigenvalue weighted by molar-refractivity contribution is 5.81. The van der Waals surface area contributed by atoms with Crippen LogP contribution in [0.2, 0.25) is 0 Å². The van der Waals surface area contributed by atoms with E-state index in [9.17, 15) is 4.79 Å². The van der Waals surface area contributed by atoms with Crippen LogP contribution in [-0.2, 0) is 11.2 Å². The largest absolute Gasteiger partial charge is 0.493 e. The van der Waals surface area contributed by atoms with Gasteiger partial charge in [0.05, 0.1) is 18.8 Å². The first-order valence-corrected chi connectivity index (χ1v) is 11.6. The summed E-state index contributed by atoms with van der Waals surface area (Å²) in [5.74, 6) is 1.87. The van der Waals surface area contributed by atoms with E-state index in [0.29, 0.717) is 17.9 Å². The lowest BCUT2D eigenvalue weighted by Gasteiger charge is -2.37. The van der Waals surface area contributed by atoms with Crippen molar-refractivity contribution in [1.82, 2.24) is 15.3 Å². The number of carbonyl (C=O) groups is 1. The van der Waals surface area contributed by atoms with Gasteiger partial charge in [0.25, 0.3) is 5.91 Å². The number of ether oxygens (including phenoxy) is 2. The number of amides is 1. The highest BCUT2D eigenvalue weighted by Crippen LogP contribution is 2.40. The van der Waals surface area contributed by atoms with Gasteiger partial charge in [-0.05, 0) is 49.7 Å². The van der Waals surface area contributed by atoms with Crippen LogP contribution in [0, 0.1) is 5.41 Å². The Morgan fingerprint density at radius 2 is 1.97 bits per heavy atom. The fourth-order valence-electron chi connectivity index (χ4n) is 4.69. The van der Waals surface area contributed by atoms with Crippen molar-refractivity contribution < 1.29 is 14.3 Å². The Morgan fingerprint density at radius 3 is 2.66 bits per heavy atom. The molecule has 0 saturated carbocycles. The topological polar surface area (TPSA) is 76.6 Å². The number of hydrogen-bond donors (Lipinski definition) is 1. The Bertz CT molecular complexity index is 956. The summed E-state index contributed by atoms with van der Waals surface area (Å²) in [6.07, 6.45) is 5.96. The molecule has 0 radical (unpaired) electrons. The molecule has 32 heavy (non-hydrogen) atoms. The number of methoxy groups -OCH3 is 1. The molecule has 1 aromatic carbocycles. The Kier molecular flexibility index (Phi) is 6.53. The van der Waals surface area contributed by atoms with E-state index >= 15 is 0 Å². The van der Waals surface area contributed by atoms with Crippen LogP contribution < -0.4 is 19.7 Å². The molecule has 2 atom stereocenters. The van der Waals surface area contributed by atoms with E-state index in [4.69, 9.17) is 14.5 Å². The number of anilines is 1. The number of carbonyl (C=O) groups excluding carboxylic acids is 1. The van der Waals surface area contributed by atoms with Gasteiger partial charge in [0.1, 0.15) is 0 Å². The van der Waals surface area contributed by atoms with Crippen molar-refractivity contribution in [3.8, 4) is 11.5 Å². The van der Waals surface area contributed by atoms with Crippen molar-refractivity contribution in [2.75, 3.05) is 25.1 Å². The first-order valence-electron chi connectivity index (χ1n) is 11.6. The average molecular weight is 439 g/mol. The fraction of sp³-hybridized carbons (Fsp3) is 0.560. The Labute approximate surface area is 190 Å². The van der Waals surface area contributed by atoms with Crippen LogP contribution in [-0.4, -0.2) is 42.2 Å². The van der Waals surface area contributed by atoms with E-state index in [1.54, 1.807) is 7.11 Å². The van der Waals surface area contributed by atoms with Crippen molar-refractivity contribution in [3.63, 3.8) is 0 Å².